The number of hydrogen-bond donors (Lipinski definition) is 1. The highest BCUT2D eigenvalue weighted by Gasteiger charge is 2.32. The molecule has 168 valence electrons. The van der Waals surface area contributed by atoms with Crippen molar-refractivity contribution in [2.75, 3.05) is 13.3 Å². The fourth-order valence-corrected chi connectivity index (χ4v) is 3.03. The smallest absolute Gasteiger partial charge is 0.408 e. The lowest BCUT2D eigenvalue weighted by Gasteiger charge is -2.27. The summed E-state index contributed by atoms with van der Waals surface area (Å²) >= 11 is 0. The van der Waals surface area contributed by atoms with Gasteiger partial charge in [0.1, 0.15) is 36.3 Å². The Balaban J connectivity index is 2.26. The average molecular weight is 424 g/mol. The van der Waals surface area contributed by atoms with Crippen molar-refractivity contribution in [1.29, 1.82) is 0 Å². The fourth-order valence-electron chi connectivity index (χ4n) is 3.03. The van der Waals surface area contributed by atoms with Gasteiger partial charge in [0.2, 0.25) is 0 Å². The second kappa shape index (κ2) is 9.67. The quantitative estimate of drug-likeness (QED) is 0.614. The Kier molecular flexibility index (Phi) is 7.72. The third-order valence-electron chi connectivity index (χ3n) is 4.28. The van der Waals surface area contributed by atoms with E-state index in [-0.39, 0.29) is 13.0 Å². The van der Waals surface area contributed by atoms with Crippen LogP contribution >= 0.6 is 0 Å². The largest absolute Gasteiger partial charge is 0.491 e. The van der Waals surface area contributed by atoms with Crippen LogP contribution in [0, 0.1) is 0 Å². The van der Waals surface area contributed by atoms with E-state index in [1.165, 1.54) is 0 Å². The topological polar surface area (TPSA) is 73.9 Å². The molecule has 1 unspecified atom stereocenters. The highest BCUT2D eigenvalue weighted by molar-refractivity contribution is 5.82. The molecule has 0 aliphatic heterocycles. The van der Waals surface area contributed by atoms with Gasteiger partial charge in [0.05, 0.1) is 0 Å². The predicted molar refractivity (Wildman–Crippen MR) is 113 cm³/mol. The lowest BCUT2D eigenvalue weighted by Crippen LogP contribution is -2.47. The van der Waals surface area contributed by atoms with Crippen LogP contribution in [0.15, 0.2) is 18.2 Å². The molecule has 1 amide bonds. The Hall–Kier alpha value is -2.31. The van der Waals surface area contributed by atoms with Crippen LogP contribution in [0.3, 0.4) is 0 Å². The van der Waals surface area contributed by atoms with Crippen LogP contribution in [0.2, 0.25) is 0 Å². The number of benzene rings is 1. The summed E-state index contributed by atoms with van der Waals surface area (Å²) in [5.41, 5.74) is 0.598. The summed E-state index contributed by atoms with van der Waals surface area (Å²) in [5.74, 6) is 0.425. The number of esters is 1. The maximum absolute atomic E-state index is 12.8. The molecule has 30 heavy (non-hydrogen) atoms. The number of carbonyl (C=O) groups excluding carboxylic acids is 2. The first-order valence-corrected chi connectivity index (χ1v) is 10.4. The standard InChI is InChI=1S/C23H34FNO5/c1-22(2,3)29-20(26)19(25-21(27)30-23(4,5)6)14-16-13-17(28-12-11-24)9-10-18(16)15-7-8-15/h9-10,13,15,19H,7-8,11-12,14H2,1-6H3,(H,25,27). The molecule has 0 spiro atoms. The molecule has 6 nitrogen and oxygen atoms in total. The van der Waals surface area contributed by atoms with E-state index in [1.807, 2.05) is 18.2 Å². The number of alkyl carbamates (subject to hydrolysis) is 1. The lowest BCUT2D eigenvalue weighted by molar-refractivity contribution is -0.157. The number of alkyl halides is 1. The Morgan fingerprint density at radius 1 is 1.10 bits per heavy atom. The predicted octanol–water partition coefficient (Wildman–Crippen LogP) is 4.69. The van der Waals surface area contributed by atoms with Crippen LogP contribution in [0.4, 0.5) is 9.18 Å². The Morgan fingerprint density at radius 2 is 1.73 bits per heavy atom. The number of ether oxygens (including phenoxy) is 3. The third-order valence-corrected chi connectivity index (χ3v) is 4.28. The zero-order valence-electron chi connectivity index (χ0n) is 18.8. The van der Waals surface area contributed by atoms with Gasteiger partial charge in [-0.2, -0.15) is 0 Å². The minimum absolute atomic E-state index is 0.0339. The molecule has 1 atom stereocenters. The van der Waals surface area contributed by atoms with Gasteiger partial charge in [-0.25, -0.2) is 14.0 Å². The van der Waals surface area contributed by atoms with E-state index < -0.39 is 36.0 Å². The van der Waals surface area contributed by atoms with Gasteiger partial charge in [-0.1, -0.05) is 6.07 Å². The zero-order chi connectivity index (χ0) is 22.5. The number of hydrogen-bond acceptors (Lipinski definition) is 5. The molecule has 2 rings (SSSR count). The van der Waals surface area contributed by atoms with Crippen molar-refractivity contribution >= 4 is 12.1 Å². The van der Waals surface area contributed by atoms with Gasteiger partial charge in [-0.3, -0.25) is 0 Å². The molecule has 0 radical (unpaired) electrons. The van der Waals surface area contributed by atoms with E-state index in [0.29, 0.717) is 11.7 Å². The second-order valence-electron chi connectivity index (χ2n) is 9.61. The Bertz CT molecular complexity index is 747. The molecule has 0 bridgehead atoms. The highest BCUT2D eigenvalue weighted by Crippen LogP contribution is 2.42. The van der Waals surface area contributed by atoms with Crippen molar-refractivity contribution in [3.63, 3.8) is 0 Å². The minimum atomic E-state index is -0.923. The molecule has 1 fully saturated rings. The summed E-state index contributed by atoms with van der Waals surface area (Å²) in [4.78, 5) is 25.2. The van der Waals surface area contributed by atoms with Crippen LogP contribution in [-0.4, -0.2) is 42.6 Å². The molecule has 1 aliphatic rings. The first-order valence-electron chi connectivity index (χ1n) is 10.4. The number of halogens is 1. The van der Waals surface area contributed by atoms with Crippen LogP contribution in [0.1, 0.15) is 71.4 Å². The van der Waals surface area contributed by atoms with Crippen molar-refractivity contribution in [3.05, 3.63) is 29.3 Å². The lowest BCUT2D eigenvalue weighted by atomic mass is 9.96. The third kappa shape index (κ3) is 8.20. The summed E-state index contributed by atoms with van der Waals surface area (Å²) in [7, 11) is 0. The van der Waals surface area contributed by atoms with Crippen molar-refractivity contribution in [2.24, 2.45) is 0 Å². The SMILES string of the molecule is CC(C)(C)OC(=O)NC(Cc1cc(OCCF)ccc1C1CC1)C(=O)OC(C)(C)C. The van der Waals surface area contributed by atoms with Crippen molar-refractivity contribution in [2.45, 2.75) is 84.0 Å². The van der Waals surface area contributed by atoms with Gasteiger partial charge >= 0.3 is 12.1 Å². The molecule has 1 N–H and O–H groups in total. The molecule has 1 saturated carbocycles. The Labute approximate surface area is 178 Å². The normalized spacial score (nSPS) is 15.3. The second-order valence-corrected chi connectivity index (χ2v) is 9.61. The maximum Gasteiger partial charge on any atom is 0.408 e. The molecule has 7 heteroatoms. The number of nitrogens with one attached hydrogen (secondary N) is 1. The van der Waals surface area contributed by atoms with E-state index in [2.05, 4.69) is 5.32 Å². The monoisotopic (exact) mass is 423 g/mol. The van der Waals surface area contributed by atoms with E-state index in [1.54, 1.807) is 41.5 Å². The molecular weight excluding hydrogens is 389 g/mol. The van der Waals surface area contributed by atoms with Gasteiger partial charge < -0.3 is 19.5 Å². The van der Waals surface area contributed by atoms with E-state index >= 15 is 0 Å². The first-order chi connectivity index (χ1) is 13.9. The summed E-state index contributed by atoms with van der Waals surface area (Å²) < 4.78 is 28.8. The number of amides is 1. The minimum Gasteiger partial charge on any atom is -0.491 e. The molecule has 1 aromatic rings. The van der Waals surface area contributed by atoms with Gasteiger partial charge in [-0.15, -0.1) is 0 Å². The number of rotatable bonds is 8. The first kappa shape index (κ1) is 24.0. The van der Waals surface area contributed by atoms with E-state index in [0.717, 1.165) is 24.0 Å². The molecule has 1 aliphatic carbocycles. The summed E-state index contributed by atoms with van der Waals surface area (Å²) in [6, 6.07) is 4.67. The summed E-state index contributed by atoms with van der Waals surface area (Å²) in [5, 5.41) is 2.66. The molecule has 0 heterocycles. The van der Waals surface area contributed by atoms with Crippen molar-refractivity contribution < 1.29 is 28.2 Å². The summed E-state index contributed by atoms with van der Waals surface area (Å²) in [6.07, 6.45) is 1.70. The van der Waals surface area contributed by atoms with Crippen molar-refractivity contribution in [3.8, 4) is 5.75 Å². The molecule has 0 saturated heterocycles. The Morgan fingerprint density at radius 3 is 2.27 bits per heavy atom. The van der Waals surface area contributed by atoms with Gasteiger partial charge in [0.25, 0.3) is 0 Å². The average Bonchev–Trinajstić information content (AvgIpc) is 3.41. The van der Waals surface area contributed by atoms with E-state index in [9.17, 15) is 14.0 Å². The van der Waals surface area contributed by atoms with Crippen molar-refractivity contribution in [1.82, 2.24) is 5.32 Å². The van der Waals surface area contributed by atoms with Gasteiger partial charge in [0.15, 0.2) is 0 Å². The summed E-state index contributed by atoms with van der Waals surface area (Å²) in [6.45, 7) is 9.97. The van der Waals surface area contributed by atoms with Crippen LogP contribution in [0.5, 0.6) is 5.75 Å². The number of carbonyl (C=O) groups is 2. The van der Waals surface area contributed by atoms with E-state index in [4.69, 9.17) is 14.2 Å². The van der Waals surface area contributed by atoms with Crippen LogP contribution in [0.25, 0.3) is 0 Å². The highest BCUT2D eigenvalue weighted by atomic mass is 19.1. The van der Waals surface area contributed by atoms with Gasteiger partial charge in [0, 0.05) is 6.42 Å². The maximum atomic E-state index is 12.8. The van der Waals surface area contributed by atoms with Crippen LogP contribution in [-0.2, 0) is 20.7 Å². The fraction of sp³-hybridized carbons (Fsp3) is 0.652. The molecule has 1 aromatic carbocycles. The molecule has 0 aromatic heterocycles. The van der Waals surface area contributed by atoms with Crippen LogP contribution < -0.4 is 10.1 Å². The molecular formula is C23H34FNO5. The van der Waals surface area contributed by atoms with Gasteiger partial charge in [-0.05, 0) is 83.6 Å². The zero-order valence-corrected chi connectivity index (χ0v) is 18.8.